The molecule has 0 aliphatic heterocycles. The van der Waals surface area contributed by atoms with Crippen LogP contribution in [-0.2, 0) is 11.3 Å². The van der Waals surface area contributed by atoms with E-state index in [9.17, 15) is 4.79 Å². The van der Waals surface area contributed by atoms with Gasteiger partial charge in [0.05, 0.1) is 0 Å². The molecule has 1 rings (SSSR count). The van der Waals surface area contributed by atoms with E-state index in [0.717, 1.165) is 12.0 Å². The van der Waals surface area contributed by atoms with E-state index < -0.39 is 6.09 Å². The summed E-state index contributed by atoms with van der Waals surface area (Å²) < 4.78 is 5.10. The van der Waals surface area contributed by atoms with Crippen molar-refractivity contribution < 1.29 is 9.53 Å². The molecule has 1 amide bonds. The number of carbonyl (C=O) groups is 1. The Hall–Kier alpha value is -1.84. The molecule has 0 atom stereocenters. The van der Waals surface area contributed by atoms with Crippen molar-refractivity contribution in [2.24, 2.45) is 0 Å². The minimum Gasteiger partial charge on any atom is -0.444 e. The van der Waals surface area contributed by atoms with Crippen LogP contribution < -0.4 is 0 Å². The van der Waals surface area contributed by atoms with E-state index in [1.807, 2.05) is 37.3 Å². The predicted molar refractivity (Wildman–Crippen MR) is 67.0 cm³/mol. The van der Waals surface area contributed by atoms with Gasteiger partial charge in [0.25, 0.3) is 0 Å². The van der Waals surface area contributed by atoms with Crippen molar-refractivity contribution in [1.29, 1.82) is 5.41 Å². The molecule has 0 aliphatic rings. The molecule has 0 fully saturated rings. The number of hydrogen-bond acceptors (Lipinski definition) is 3. The highest BCUT2D eigenvalue weighted by Gasteiger charge is 2.13. The van der Waals surface area contributed by atoms with Gasteiger partial charge in [-0.15, -0.1) is 0 Å². The fourth-order valence-corrected chi connectivity index (χ4v) is 1.33. The molecular formula is C13H18N2O2. The Balaban J connectivity index is 2.42. The number of nitrogens with zero attached hydrogens (tertiary/aromatic N) is 1. The lowest BCUT2D eigenvalue weighted by molar-refractivity contribution is 0.121. The lowest BCUT2D eigenvalue weighted by Gasteiger charge is -2.17. The van der Waals surface area contributed by atoms with Crippen molar-refractivity contribution in [3.8, 4) is 0 Å². The molecule has 0 unspecified atom stereocenters. The van der Waals surface area contributed by atoms with Crippen molar-refractivity contribution in [3.05, 3.63) is 35.9 Å². The van der Waals surface area contributed by atoms with Crippen LogP contribution in [0.1, 0.15) is 25.3 Å². The van der Waals surface area contributed by atoms with Crippen LogP contribution in [0.2, 0.25) is 0 Å². The first kappa shape index (κ1) is 13.2. The molecule has 0 aliphatic carbocycles. The number of rotatable bonds is 4. The van der Waals surface area contributed by atoms with Crippen LogP contribution in [0.4, 0.5) is 4.79 Å². The first-order chi connectivity index (χ1) is 8.15. The molecule has 0 spiro atoms. The summed E-state index contributed by atoms with van der Waals surface area (Å²) in [6.45, 7) is 2.21. The lowest BCUT2D eigenvalue weighted by Crippen LogP contribution is -2.32. The van der Waals surface area contributed by atoms with Crippen LogP contribution in [0.25, 0.3) is 0 Å². The van der Waals surface area contributed by atoms with E-state index in [0.29, 0.717) is 6.42 Å². The van der Waals surface area contributed by atoms with E-state index in [4.69, 9.17) is 10.1 Å². The number of amides is 1. The maximum atomic E-state index is 11.6. The summed E-state index contributed by atoms with van der Waals surface area (Å²) in [5.41, 5.74) is 0.941. The van der Waals surface area contributed by atoms with Crippen LogP contribution in [0.3, 0.4) is 0 Å². The van der Waals surface area contributed by atoms with Gasteiger partial charge in [0, 0.05) is 13.5 Å². The molecule has 92 valence electrons. The number of nitrogens with one attached hydrogen (secondary N) is 1. The molecule has 0 heterocycles. The van der Waals surface area contributed by atoms with Gasteiger partial charge >= 0.3 is 6.09 Å². The molecule has 1 aromatic carbocycles. The molecule has 1 aromatic rings. The lowest BCUT2D eigenvalue weighted by atomic mass is 10.2. The van der Waals surface area contributed by atoms with Gasteiger partial charge in [0.1, 0.15) is 12.4 Å². The molecule has 0 saturated heterocycles. The second-order valence-corrected chi connectivity index (χ2v) is 3.80. The largest absolute Gasteiger partial charge is 0.444 e. The Kier molecular flexibility index (Phi) is 5.20. The summed E-state index contributed by atoms with van der Waals surface area (Å²) >= 11 is 0. The molecule has 0 radical (unpaired) electrons. The zero-order chi connectivity index (χ0) is 12.7. The third-order valence-electron chi connectivity index (χ3n) is 2.37. The minimum atomic E-state index is -0.479. The smallest absolute Gasteiger partial charge is 0.415 e. The van der Waals surface area contributed by atoms with Gasteiger partial charge in [-0.05, 0) is 12.0 Å². The van der Waals surface area contributed by atoms with Gasteiger partial charge in [-0.1, -0.05) is 37.3 Å². The maximum Gasteiger partial charge on any atom is 0.415 e. The molecule has 0 aromatic heterocycles. The monoisotopic (exact) mass is 234 g/mol. The van der Waals surface area contributed by atoms with E-state index in [2.05, 4.69) is 0 Å². The van der Waals surface area contributed by atoms with E-state index >= 15 is 0 Å². The topological polar surface area (TPSA) is 53.4 Å². The van der Waals surface area contributed by atoms with Crippen LogP contribution >= 0.6 is 0 Å². The van der Waals surface area contributed by atoms with Gasteiger partial charge in [-0.2, -0.15) is 0 Å². The molecule has 0 saturated carbocycles. The molecular weight excluding hydrogens is 216 g/mol. The van der Waals surface area contributed by atoms with Crippen LogP contribution in [0, 0.1) is 5.41 Å². The van der Waals surface area contributed by atoms with Gasteiger partial charge < -0.3 is 4.74 Å². The van der Waals surface area contributed by atoms with Crippen molar-refractivity contribution in [3.63, 3.8) is 0 Å². The Morgan fingerprint density at radius 3 is 2.59 bits per heavy atom. The number of carbonyl (C=O) groups excluding carboxylic acids is 1. The molecule has 1 N–H and O–H groups in total. The zero-order valence-electron chi connectivity index (χ0n) is 10.3. The summed E-state index contributed by atoms with van der Waals surface area (Å²) in [7, 11) is 1.56. The summed E-state index contributed by atoms with van der Waals surface area (Å²) in [5, 5.41) is 7.63. The summed E-state index contributed by atoms with van der Waals surface area (Å²) in [5.74, 6) is 0.283. The van der Waals surface area contributed by atoms with Gasteiger partial charge in [0.15, 0.2) is 0 Å². The Morgan fingerprint density at radius 1 is 1.35 bits per heavy atom. The van der Waals surface area contributed by atoms with E-state index in [1.165, 1.54) is 4.90 Å². The highest BCUT2D eigenvalue weighted by atomic mass is 16.6. The van der Waals surface area contributed by atoms with Gasteiger partial charge in [-0.3, -0.25) is 10.3 Å². The van der Waals surface area contributed by atoms with Gasteiger partial charge in [0.2, 0.25) is 0 Å². The predicted octanol–water partition coefficient (Wildman–Crippen LogP) is 3.03. The van der Waals surface area contributed by atoms with Crippen molar-refractivity contribution in [1.82, 2.24) is 4.90 Å². The Bertz CT molecular complexity index is 376. The van der Waals surface area contributed by atoms with E-state index in [-0.39, 0.29) is 12.4 Å². The highest BCUT2D eigenvalue weighted by molar-refractivity contribution is 5.93. The SMILES string of the molecule is CCCC(=N)N(C)C(=O)OCc1ccccc1. The number of hydrogen-bond donors (Lipinski definition) is 1. The number of amidine groups is 1. The standard InChI is InChI=1S/C13H18N2O2/c1-3-7-12(14)15(2)13(16)17-10-11-8-5-4-6-9-11/h4-6,8-9,14H,3,7,10H2,1-2H3. The summed E-state index contributed by atoms with van der Waals surface area (Å²) in [6.07, 6.45) is 0.943. The average molecular weight is 234 g/mol. The van der Waals surface area contributed by atoms with Crippen LogP contribution in [-0.4, -0.2) is 23.9 Å². The van der Waals surface area contributed by atoms with Crippen molar-refractivity contribution in [2.75, 3.05) is 7.05 Å². The van der Waals surface area contributed by atoms with Crippen LogP contribution in [0.5, 0.6) is 0 Å². The van der Waals surface area contributed by atoms with E-state index in [1.54, 1.807) is 7.05 Å². The van der Waals surface area contributed by atoms with Crippen molar-refractivity contribution >= 4 is 11.9 Å². The third kappa shape index (κ3) is 4.26. The minimum absolute atomic E-state index is 0.240. The first-order valence-electron chi connectivity index (χ1n) is 5.67. The fraction of sp³-hybridized carbons (Fsp3) is 0.385. The average Bonchev–Trinajstić information content (AvgIpc) is 2.36. The fourth-order valence-electron chi connectivity index (χ4n) is 1.33. The second-order valence-electron chi connectivity index (χ2n) is 3.80. The van der Waals surface area contributed by atoms with Crippen molar-refractivity contribution in [2.45, 2.75) is 26.4 Å². The normalized spacial score (nSPS) is 9.76. The quantitative estimate of drug-likeness (QED) is 0.643. The Labute approximate surface area is 102 Å². The number of ether oxygens (including phenoxy) is 1. The second kappa shape index (κ2) is 6.68. The molecule has 4 heteroatoms. The molecule has 17 heavy (non-hydrogen) atoms. The summed E-state index contributed by atoms with van der Waals surface area (Å²) in [6, 6.07) is 9.49. The Morgan fingerprint density at radius 2 is 2.00 bits per heavy atom. The highest BCUT2D eigenvalue weighted by Crippen LogP contribution is 2.04. The maximum absolute atomic E-state index is 11.6. The van der Waals surface area contributed by atoms with Crippen LogP contribution in [0.15, 0.2) is 30.3 Å². The first-order valence-corrected chi connectivity index (χ1v) is 5.67. The third-order valence-corrected chi connectivity index (χ3v) is 2.37. The summed E-state index contributed by atoms with van der Waals surface area (Å²) in [4.78, 5) is 12.8. The molecule has 0 bridgehead atoms. The zero-order valence-corrected chi connectivity index (χ0v) is 10.3. The van der Waals surface area contributed by atoms with Gasteiger partial charge in [-0.25, -0.2) is 4.79 Å². The molecule has 4 nitrogen and oxygen atoms in total. The number of benzene rings is 1.